The topological polar surface area (TPSA) is 58.4 Å². The third kappa shape index (κ3) is 4.66. The van der Waals surface area contributed by atoms with Crippen LogP contribution in [0.15, 0.2) is 28.9 Å². The first-order valence-corrected chi connectivity index (χ1v) is 8.89. The summed E-state index contributed by atoms with van der Waals surface area (Å²) in [5.41, 5.74) is 0.661. The van der Waals surface area contributed by atoms with Crippen molar-refractivity contribution in [2.45, 2.75) is 58.3 Å². The van der Waals surface area contributed by atoms with Gasteiger partial charge in [0.05, 0.1) is 6.54 Å². The van der Waals surface area contributed by atoms with E-state index in [1.54, 1.807) is 0 Å². The van der Waals surface area contributed by atoms with Crippen LogP contribution in [0.5, 0.6) is 0 Å². The highest BCUT2D eigenvalue weighted by Gasteiger charge is 2.25. The van der Waals surface area contributed by atoms with Crippen molar-refractivity contribution in [3.63, 3.8) is 0 Å². The van der Waals surface area contributed by atoms with E-state index < -0.39 is 11.6 Å². The SMILES string of the molecule is CCC(C)N(Cc1nc(C(=O)NC2CC2)co1)Cc1ccc(F)cc1F. The van der Waals surface area contributed by atoms with Gasteiger partial charge in [-0.05, 0) is 32.3 Å². The molecule has 5 nitrogen and oxygen atoms in total. The third-order valence-electron chi connectivity index (χ3n) is 4.64. The van der Waals surface area contributed by atoms with Crippen LogP contribution in [0.25, 0.3) is 0 Å². The maximum absolute atomic E-state index is 14.0. The fraction of sp³-hybridized carbons (Fsp3) is 0.474. The Morgan fingerprint density at radius 1 is 1.38 bits per heavy atom. The maximum Gasteiger partial charge on any atom is 0.273 e. The summed E-state index contributed by atoms with van der Waals surface area (Å²) in [5, 5.41) is 2.86. The molecule has 7 heteroatoms. The van der Waals surface area contributed by atoms with Gasteiger partial charge in [-0.3, -0.25) is 9.69 Å². The molecular weight excluding hydrogens is 340 g/mol. The second kappa shape index (κ2) is 7.95. The number of rotatable bonds is 8. The lowest BCUT2D eigenvalue weighted by atomic mass is 10.1. The van der Waals surface area contributed by atoms with E-state index in [1.165, 1.54) is 18.4 Å². The van der Waals surface area contributed by atoms with Gasteiger partial charge in [-0.2, -0.15) is 0 Å². The standard InChI is InChI=1S/C19H23F2N3O2/c1-3-12(2)24(9-13-4-5-14(20)8-16(13)21)10-18-23-17(11-26-18)19(25)22-15-6-7-15/h4-5,8,11-12,15H,3,6-7,9-10H2,1-2H3,(H,22,25). The second-order valence-electron chi connectivity index (χ2n) is 6.77. The van der Waals surface area contributed by atoms with Gasteiger partial charge in [0, 0.05) is 30.3 Å². The first kappa shape index (κ1) is 18.5. The summed E-state index contributed by atoms with van der Waals surface area (Å²) in [6.45, 7) is 4.68. The Morgan fingerprint density at radius 3 is 2.81 bits per heavy atom. The van der Waals surface area contributed by atoms with Gasteiger partial charge >= 0.3 is 0 Å². The fourth-order valence-electron chi connectivity index (χ4n) is 2.64. The molecule has 1 atom stereocenters. The molecule has 3 rings (SSSR count). The van der Waals surface area contributed by atoms with E-state index >= 15 is 0 Å². The maximum atomic E-state index is 14.0. The van der Waals surface area contributed by atoms with Crippen LogP contribution in [0.2, 0.25) is 0 Å². The molecule has 1 aromatic carbocycles. The predicted octanol–water partition coefficient (Wildman–Crippen LogP) is 3.65. The number of halogens is 2. The summed E-state index contributed by atoms with van der Waals surface area (Å²) < 4.78 is 32.5. The number of nitrogens with zero attached hydrogens (tertiary/aromatic N) is 2. The van der Waals surface area contributed by atoms with Gasteiger partial charge < -0.3 is 9.73 Å². The molecule has 0 saturated heterocycles. The summed E-state index contributed by atoms with van der Waals surface area (Å²) in [7, 11) is 0. The molecule has 2 aromatic rings. The molecule has 1 saturated carbocycles. The minimum absolute atomic E-state index is 0.134. The number of aromatic nitrogens is 1. The van der Waals surface area contributed by atoms with Crippen LogP contribution in [0.3, 0.4) is 0 Å². The van der Waals surface area contributed by atoms with E-state index in [1.807, 2.05) is 18.7 Å². The van der Waals surface area contributed by atoms with E-state index in [9.17, 15) is 13.6 Å². The lowest BCUT2D eigenvalue weighted by Gasteiger charge is -2.27. The molecule has 1 fully saturated rings. The first-order chi connectivity index (χ1) is 12.5. The number of nitrogens with one attached hydrogen (secondary N) is 1. The van der Waals surface area contributed by atoms with E-state index in [2.05, 4.69) is 10.3 Å². The van der Waals surface area contributed by atoms with Gasteiger partial charge in [-0.15, -0.1) is 0 Å². The molecule has 1 heterocycles. The molecule has 0 spiro atoms. The van der Waals surface area contributed by atoms with Crippen LogP contribution in [0.1, 0.15) is 55.1 Å². The number of hydrogen-bond donors (Lipinski definition) is 1. The fourth-order valence-corrected chi connectivity index (χ4v) is 2.64. The molecule has 0 aliphatic heterocycles. The number of carbonyl (C=O) groups is 1. The molecule has 1 aliphatic carbocycles. The molecule has 140 valence electrons. The summed E-state index contributed by atoms with van der Waals surface area (Å²) >= 11 is 0. The highest BCUT2D eigenvalue weighted by molar-refractivity contribution is 5.92. The molecule has 26 heavy (non-hydrogen) atoms. The average molecular weight is 363 g/mol. The van der Waals surface area contributed by atoms with Crippen LogP contribution >= 0.6 is 0 Å². The van der Waals surface area contributed by atoms with Crippen molar-refractivity contribution in [2.24, 2.45) is 0 Å². The van der Waals surface area contributed by atoms with Gasteiger partial charge in [0.2, 0.25) is 5.89 Å². The van der Waals surface area contributed by atoms with E-state index in [0.717, 1.165) is 25.3 Å². The van der Waals surface area contributed by atoms with Crippen molar-refractivity contribution in [3.05, 3.63) is 53.2 Å². The van der Waals surface area contributed by atoms with Crippen LogP contribution < -0.4 is 5.32 Å². The highest BCUT2D eigenvalue weighted by Crippen LogP contribution is 2.20. The van der Waals surface area contributed by atoms with Gasteiger partial charge in [0.1, 0.15) is 17.9 Å². The van der Waals surface area contributed by atoms with E-state index in [4.69, 9.17) is 4.42 Å². The number of amides is 1. The van der Waals surface area contributed by atoms with Crippen molar-refractivity contribution in [3.8, 4) is 0 Å². The third-order valence-corrected chi connectivity index (χ3v) is 4.64. The lowest BCUT2D eigenvalue weighted by molar-refractivity contribution is 0.0946. The molecule has 0 bridgehead atoms. The normalized spacial score (nSPS) is 15.3. The van der Waals surface area contributed by atoms with Crippen molar-refractivity contribution < 1.29 is 18.0 Å². The molecule has 1 aliphatic rings. The Hall–Kier alpha value is -2.28. The molecule has 1 unspecified atom stereocenters. The number of carbonyl (C=O) groups excluding carboxylic acids is 1. The molecule has 1 aromatic heterocycles. The Labute approximate surface area is 151 Å². The van der Waals surface area contributed by atoms with Crippen LogP contribution in [-0.4, -0.2) is 27.9 Å². The van der Waals surface area contributed by atoms with Gasteiger partial charge in [0.15, 0.2) is 5.69 Å². The van der Waals surface area contributed by atoms with Gasteiger partial charge in [-0.1, -0.05) is 13.0 Å². The van der Waals surface area contributed by atoms with Crippen LogP contribution in [0, 0.1) is 11.6 Å². The summed E-state index contributed by atoms with van der Waals surface area (Å²) in [6, 6.07) is 3.97. The Morgan fingerprint density at radius 2 is 2.15 bits per heavy atom. The van der Waals surface area contributed by atoms with Crippen LogP contribution in [0.4, 0.5) is 8.78 Å². The number of oxazole rings is 1. The van der Waals surface area contributed by atoms with E-state index in [0.29, 0.717) is 24.5 Å². The van der Waals surface area contributed by atoms with Crippen molar-refractivity contribution in [1.29, 1.82) is 0 Å². The second-order valence-corrected chi connectivity index (χ2v) is 6.77. The number of benzene rings is 1. The zero-order valence-corrected chi connectivity index (χ0v) is 15.0. The summed E-state index contributed by atoms with van der Waals surface area (Å²) in [6.07, 6.45) is 4.20. The van der Waals surface area contributed by atoms with E-state index in [-0.39, 0.29) is 23.7 Å². The van der Waals surface area contributed by atoms with Crippen molar-refractivity contribution >= 4 is 5.91 Å². The smallest absolute Gasteiger partial charge is 0.273 e. The molecule has 1 amide bonds. The molecule has 0 radical (unpaired) electrons. The van der Waals surface area contributed by atoms with Gasteiger partial charge in [0.25, 0.3) is 5.91 Å². The summed E-state index contributed by atoms with van der Waals surface area (Å²) in [5.74, 6) is -1.01. The average Bonchev–Trinajstić information content (AvgIpc) is 3.30. The molecular formula is C19H23F2N3O2. The summed E-state index contributed by atoms with van der Waals surface area (Å²) in [4.78, 5) is 18.3. The minimum Gasteiger partial charge on any atom is -0.447 e. The van der Waals surface area contributed by atoms with Crippen molar-refractivity contribution in [1.82, 2.24) is 15.2 Å². The zero-order valence-electron chi connectivity index (χ0n) is 15.0. The predicted molar refractivity (Wildman–Crippen MR) is 92.3 cm³/mol. The first-order valence-electron chi connectivity index (χ1n) is 8.89. The number of hydrogen-bond acceptors (Lipinski definition) is 4. The monoisotopic (exact) mass is 363 g/mol. The Bertz CT molecular complexity index is 774. The zero-order chi connectivity index (χ0) is 18.7. The Kier molecular flexibility index (Phi) is 5.66. The van der Waals surface area contributed by atoms with Gasteiger partial charge in [-0.25, -0.2) is 13.8 Å². The van der Waals surface area contributed by atoms with Crippen molar-refractivity contribution in [2.75, 3.05) is 0 Å². The highest BCUT2D eigenvalue weighted by atomic mass is 19.1. The lowest BCUT2D eigenvalue weighted by Crippen LogP contribution is -2.32. The molecule has 1 N–H and O–H groups in total. The largest absolute Gasteiger partial charge is 0.447 e. The Balaban J connectivity index is 1.70. The minimum atomic E-state index is -0.597. The quantitative estimate of drug-likeness (QED) is 0.778. The van der Waals surface area contributed by atoms with Crippen LogP contribution in [-0.2, 0) is 13.1 Å².